The van der Waals surface area contributed by atoms with Crippen LogP contribution >= 0.6 is 0 Å². The van der Waals surface area contributed by atoms with Crippen molar-refractivity contribution in [3.05, 3.63) is 87.5 Å². The molecule has 0 unspecified atom stereocenters. The molecule has 3 aromatic rings. The second-order valence-electron chi connectivity index (χ2n) is 7.48. The Morgan fingerprint density at radius 3 is 2.60 bits per heavy atom. The predicted molar refractivity (Wildman–Crippen MR) is 116 cm³/mol. The predicted octanol–water partition coefficient (Wildman–Crippen LogP) is 4.58. The molecule has 0 amide bonds. The quantitative estimate of drug-likeness (QED) is 0.481. The molecule has 0 aromatic heterocycles. The van der Waals surface area contributed by atoms with Crippen molar-refractivity contribution >= 4 is 5.69 Å². The molecule has 1 aliphatic rings. The SMILES string of the molecule is COc1cc2c(c(-c3ccccc3[N+](=O)[O-])c1O)CN(CCc1ccccc1)CC2. The van der Waals surface area contributed by atoms with Crippen LogP contribution in [0.5, 0.6) is 11.5 Å². The fourth-order valence-corrected chi connectivity index (χ4v) is 4.14. The zero-order valence-corrected chi connectivity index (χ0v) is 16.9. The summed E-state index contributed by atoms with van der Waals surface area (Å²) in [7, 11) is 1.50. The molecule has 0 bridgehead atoms. The van der Waals surface area contributed by atoms with Gasteiger partial charge in [0.1, 0.15) is 0 Å². The third-order valence-corrected chi connectivity index (χ3v) is 5.69. The summed E-state index contributed by atoms with van der Waals surface area (Å²) in [6.45, 7) is 2.40. The number of fused-ring (bicyclic) bond motifs is 1. The van der Waals surface area contributed by atoms with Crippen molar-refractivity contribution in [1.82, 2.24) is 4.90 Å². The molecule has 154 valence electrons. The number of benzene rings is 3. The lowest BCUT2D eigenvalue weighted by Crippen LogP contribution is -2.32. The lowest BCUT2D eigenvalue weighted by molar-refractivity contribution is -0.384. The van der Waals surface area contributed by atoms with E-state index < -0.39 is 4.92 Å². The topological polar surface area (TPSA) is 75.8 Å². The van der Waals surface area contributed by atoms with E-state index in [4.69, 9.17) is 4.74 Å². The number of nitrogens with zero attached hydrogens (tertiary/aromatic N) is 2. The lowest BCUT2D eigenvalue weighted by Gasteiger charge is -2.31. The number of hydrogen-bond donors (Lipinski definition) is 1. The van der Waals surface area contributed by atoms with Crippen molar-refractivity contribution in [3.63, 3.8) is 0 Å². The molecule has 0 saturated carbocycles. The molecule has 3 aromatic carbocycles. The summed E-state index contributed by atoms with van der Waals surface area (Å²) in [4.78, 5) is 13.6. The van der Waals surface area contributed by atoms with Gasteiger partial charge in [-0.1, -0.05) is 42.5 Å². The number of ether oxygens (including phenoxy) is 1. The van der Waals surface area contributed by atoms with Gasteiger partial charge in [0.25, 0.3) is 5.69 Å². The average molecular weight is 404 g/mol. The average Bonchev–Trinajstić information content (AvgIpc) is 2.78. The lowest BCUT2D eigenvalue weighted by atomic mass is 9.89. The zero-order chi connectivity index (χ0) is 21.1. The Hall–Kier alpha value is -3.38. The molecule has 0 saturated heterocycles. The van der Waals surface area contributed by atoms with Crippen LogP contribution in [0.2, 0.25) is 0 Å². The number of para-hydroxylation sites is 1. The van der Waals surface area contributed by atoms with Crippen LogP contribution in [0, 0.1) is 10.1 Å². The minimum atomic E-state index is -0.406. The highest BCUT2D eigenvalue weighted by molar-refractivity contribution is 5.84. The van der Waals surface area contributed by atoms with Gasteiger partial charge in [-0.3, -0.25) is 15.0 Å². The molecule has 6 nitrogen and oxygen atoms in total. The normalized spacial score (nSPS) is 13.6. The second kappa shape index (κ2) is 8.55. The molecule has 1 aliphatic heterocycles. The number of rotatable bonds is 6. The number of hydrogen-bond acceptors (Lipinski definition) is 5. The molecule has 0 fully saturated rings. The van der Waals surface area contributed by atoms with E-state index in [0.717, 1.165) is 37.1 Å². The molecule has 0 spiro atoms. The van der Waals surface area contributed by atoms with Crippen LogP contribution in [0.4, 0.5) is 5.69 Å². The number of phenolic OH excluding ortho intramolecular Hbond substituents is 1. The van der Waals surface area contributed by atoms with Crippen LogP contribution in [0.25, 0.3) is 11.1 Å². The highest BCUT2D eigenvalue weighted by atomic mass is 16.6. The van der Waals surface area contributed by atoms with Crippen LogP contribution in [0.1, 0.15) is 16.7 Å². The minimum Gasteiger partial charge on any atom is -0.504 e. The number of methoxy groups -OCH3 is 1. The first kappa shape index (κ1) is 19.9. The van der Waals surface area contributed by atoms with E-state index in [1.54, 1.807) is 18.2 Å². The van der Waals surface area contributed by atoms with Gasteiger partial charge in [0.15, 0.2) is 11.5 Å². The highest BCUT2D eigenvalue weighted by Crippen LogP contribution is 2.46. The number of phenols is 1. The fraction of sp³-hybridized carbons (Fsp3) is 0.250. The van der Waals surface area contributed by atoms with Crippen molar-refractivity contribution in [2.45, 2.75) is 19.4 Å². The van der Waals surface area contributed by atoms with Gasteiger partial charge in [0.2, 0.25) is 0 Å². The summed E-state index contributed by atoms with van der Waals surface area (Å²) in [6.07, 6.45) is 1.73. The van der Waals surface area contributed by atoms with Gasteiger partial charge in [-0.25, -0.2) is 0 Å². The summed E-state index contributed by atoms with van der Waals surface area (Å²) in [5.74, 6) is 0.301. The van der Waals surface area contributed by atoms with E-state index in [2.05, 4.69) is 17.0 Å². The number of nitro benzene ring substituents is 1. The van der Waals surface area contributed by atoms with Crippen LogP contribution < -0.4 is 4.74 Å². The summed E-state index contributed by atoms with van der Waals surface area (Å²) in [5, 5.41) is 22.6. The van der Waals surface area contributed by atoms with Crippen LogP contribution in [-0.4, -0.2) is 35.1 Å². The molecule has 0 radical (unpaired) electrons. The van der Waals surface area contributed by atoms with E-state index in [1.807, 2.05) is 24.3 Å². The van der Waals surface area contributed by atoms with Gasteiger partial charge in [0, 0.05) is 31.3 Å². The smallest absolute Gasteiger partial charge is 0.277 e. The minimum absolute atomic E-state index is 0.0235. The Balaban J connectivity index is 1.72. The fourth-order valence-electron chi connectivity index (χ4n) is 4.14. The van der Waals surface area contributed by atoms with Crippen LogP contribution in [0.15, 0.2) is 60.7 Å². The van der Waals surface area contributed by atoms with E-state index in [9.17, 15) is 15.2 Å². The van der Waals surface area contributed by atoms with Crippen molar-refractivity contribution in [2.24, 2.45) is 0 Å². The number of nitro groups is 1. The molecule has 30 heavy (non-hydrogen) atoms. The molecular formula is C24H24N2O4. The monoisotopic (exact) mass is 404 g/mol. The molecule has 0 atom stereocenters. The molecule has 1 N–H and O–H groups in total. The Kier molecular flexibility index (Phi) is 5.68. The third kappa shape index (κ3) is 3.86. The molecule has 6 heteroatoms. The summed E-state index contributed by atoms with van der Waals surface area (Å²) in [6, 6.07) is 18.7. The van der Waals surface area contributed by atoms with E-state index >= 15 is 0 Å². The molecular weight excluding hydrogens is 380 g/mol. The van der Waals surface area contributed by atoms with Gasteiger partial charge in [-0.15, -0.1) is 0 Å². The molecule has 4 rings (SSSR count). The largest absolute Gasteiger partial charge is 0.504 e. The van der Waals surface area contributed by atoms with Crippen LogP contribution in [-0.2, 0) is 19.4 Å². The highest BCUT2D eigenvalue weighted by Gasteiger charge is 2.28. The Bertz CT molecular complexity index is 1070. The second-order valence-corrected chi connectivity index (χ2v) is 7.48. The van der Waals surface area contributed by atoms with Gasteiger partial charge in [-0.2, -0.15) is 0 Å². The van der Waals surface area contributed by atoms with E-state index in [1.165, 1.54) is 18.7 Å². The molecule has 0 aliphatic carbocycles. The zero-order valence-electron chi connectivity index (χ0n) is 16.9. The maximum Gasteiger partial charge on any atom is 0.277 e. The van der Waals surface area contributed by atoms with E-state index in [0.29, 0.717) is 23.4 Å². The first-order valence-electron chi connectivity index (χ1n) is 10.00. The summed E-state index contributed by atoms with van der Waals surface area (Å²) < 4.78 is 5.37. The van der Waals surface area contributed by atoms with E-state index in [-0.39, 0.29) is 11.4 Å². The first-order valence-corrected chi connectivity index (χ1v) is 10.00. The van der Waals surface area contributed by atoms with Crippen molar-refractivity contribution in [2.75, 3.05) is 20.2 Å². The van der Waals surface area contributed by atoms with Gasteiger partial charge in [-0.05, 0) is 41.7 Å². The van der Waals surface area contributed by atoms with Gasteiger partial charge < -0.3 is 9.84 Å². The standard InChI is InChI=1S/C24H24N2O4/c1-30-22-15-18-12-14-25(13-11-17-7-3-2-4-8-17)16-20(18)23(24(22)27)19-9-5-6-10-21(19)26(28)29/h2-10,15,27H,11-14,16H2,1H3. The number of aromatic hydroxyl groups is 1. The summed E-state index contributed by atoms with van der Waals surface area (Å²) in [5.41, 5.74) is 4.17. The third-order valence-electron chi connectivity index (χ3n) is 5.69. The Labute approximate surface area is 175 Å². The molecule has 1 heterocycles. The summed E-state index contributed by atoms with van der Waals surface area (Å²) >= 11 is 0. The van der Waals surface area contributed by atoms with Crippen LogP contribution in [0.3, 0.4) is 0 Å². The van der Waals surface area contributed by atoms with Gasteiger partial charge in [0.05, 0.1) is 17.6 Å². The van der Waals surface area contributed by atoms with Crippen molar-refractivity contribution in [3.8, 4) is 22.6 Å². The Morgan fingerprint density at radius 1 is 1.13 bits per heavy atom. The van der Waals surface area contributed by atoms with Crippen molar-refractivity contribution < 1.29 is 14.8 Å². The van der Waals surface area contributed by atoms with Crippen molar-refractivity contribution in [1.29, 1.82) is 0 Å². The maximum atomic E-state index is 11.6. The Morgan fingerprint density at radius 2 is 1.87 bits per heavy atom. The first-order chi connectivity index (χ1) is 14.6. The van der Waals surface area contributed by atoms with Gasteiger partial charge >= 0.3 is 0 Å². The maximum absolute atomic E-state index is 11.6.